The lowest BCUT2D eigenvalue weighted by molar-refractivity contribution is 0.0600. The van der Waals surface area contributed by atoms with E-state index in [1.54, 1.807) is 48.2 Å². The van der Waals surface area contributed by atoms with Crippen LogP contribution in [0.5, 0.6) is 11.5 Å². The Morgan fingerprint density at radius 2 is 1.43 bits per heavy atom. The minimum Gasteiger partial charge on any atom is -0.465 e. The van der Waals surface area contributed by atoms with Crippen LogP contribution in [0.15, 0.2) is 77.7 Å². The Bertz CT molecular complexity index is 986. The van der Waals surface area contributed by atoms with Crippen molar-refractivity contribution in [3.63, 3.8) is 0 Å². The van der Waals surface area contributed by atoms with Gasteiger partial charge in [-0.05, 0) is 54.8 Å². The first-order chi connectivity index (χ1) is 13.6. The van der Waals surface area contributed by atoms with Crippen molar-refractivity contribution < 1.29 is 19.1 Å². The summed E-state index contributed by atoms with van der Waals surface area (Å²) >= 11 is 1.59. The van der Waals surface area contributed by atoms with E-state index >= 15 is 0 Å². The predicted molar refractivity (Wildman–Crippen MR) is 110 cm³/mol. The Balaban J connectivity index is 1.79. The van der Waals surface area contributed by atoms with Crippen molar-refractivity contribution in [1.29, 1.82) is 0 Å². The molecule has 1 N–H and O–H groups in total. The zero-order chi connectivity index (χ0) is 19.9. The summed E-state index contributed by atoms with van der Waals surface area (Å²) in [7, 11) is 1.31. The van der Waals surface area contributed by atoms with Gasteiger partial charge in [-0.1, -0.05) is 24.3 Å². The number of hydrogen-bond donors (Lipinski definition) is 1. The molecule has 1 amide bonds. The number of ether oxygens (including phenoxy) is 2. The van der Waals surface area contributed by atoms with Crippen molar-refractivity contribution >= 4 is 29.3 Å². The number of carbonyl (C=O) groups excluding carboxylic acids is 2. The van der Waals surface area contributed by atoms with Crippen LogP contribution in [0.25, 0.3) is 0 Å². The smallest absolute Gasteiger partial charge is 0.337 e. The summed E-state index contributed by atoms with van der Waals surface area (Å²) < 4.78 is 10.7. The molecule has 0 unspecified atom stereocenters. The van der Waals surface area contributed by atoms with Crippen molar-refractivity contribution in [1.82, 2.24) is 0 Å². The van der Waals surface area contributed by atoms with Crippen LogP contribution < -0.4 is 10.1 Å². The molecular weight excluding hydrogens is 374 g/mol. The summed E-state index contributed by atoms with van der Waals surface area (Å²) in [5, 5.41) is 2.86. The first-order valence-corrected chi connectivity index (χ1v) is 9.74. The lowest BCUT2D eigenvalue weighted by Crippen LogP contribution is -2.13. The van der Waals surface area contributed by atoms with E-state index in [1.807, 2.05) is 42.7 Å². The van der Waals surface area contributed by atoms with E-state index in [0.29, 0.717) is 22.6 Å². The molecule has 0 saturated carbocycles. The average Bonchev–Trinajstić information content (AvgIpc) is 2.75. The van der Waals surface area contributed by atoms with Crippen LogP contribution >= 0.6 is 11.8 Å². The number of anilines is 1. The number of amides is 1. The second-order valence-corrected chi connectivity index (χ2v) is 6.62. The van der Waals surface area contributed by atoms with Crippen molar-refractivity contribution in [3.05, 3.63) is 83.9 Å². The maximum absolute atomic E-state index is 12.6. The average molecular weight is 393 g/mol. The zero-order valence-corrected chi connectivity index (χ0v) is 16.3. The number of esters is 1. The highest BCUT2D eigenvalue weighted by atomic mass is 32.2. The van der Waals surface area contributed by atoms with E-state index in [2.05, 4.69) is 10.1 Å². The highest BCUT2D eigenvalue weighted by Crippen LogP contribution is 2.34. The van der Waals surface area contributed by atoms with Crippen LogP contribution in [-0.4, -0.2) is 25.2 Å². The summed E-state index contributed by atoms with van der Waals surface area (Å²) in [6.07, 6.45) is 1.98. The van der Waals surface area contributed by atoms with Crippen LogP contribution in [0.2, 0.25) is 0 Å². The van der Waals surface area contributed by atoms with Crippen LogP contribution in [0.3, 0.4) is 0 Å². The van der Waals surface area contributed by atoms with Gasteiger partial charge in [0.2, 0.25) is 0 Å². The normalized spacial score (nSPS) is 10.2. The van der Waals surface area contributed by atoms with Gasteiger partial charge < -0.3 is 14.8 Å². The van der Waals surface area contributed by atoms with E-state index in [9.17, 15) is 9.59 Å². The van der Waals surface area contributed by atoms with Gasteiger partial charge in [0, 0.05) is 10.5 Å². The summed E-state index contributed by atoms with van der Waals surface area (Å²) in [4.78, 5) is 25.1. The Kier molecular flexibility index (Phi) is 6.34. The molecule has 0 aromatic heterocycles. The van der Waals surface area contributed by atoms with Crippen LogP contribution in [-0.2, 0) is 4.74 Å². The molecule has 6 heteroatoms. The second-order valence-electron chi connectivity index (χ2n) is 5.77. The van der Waals surface area contributed by atoms with Gasteiger partial charge in [0.25, 0.3) is 5.91 Å². The molecule has 5 nitrogen and oxygen atoms in total. The van der Waals surface area contributed by atoms with Crippen molar-refractivity contribution in [3.8, 4) is 11.5 Å². The van der Waals surface area contributed by atoms with Gasteiger partial charge in [0.05, 0.1) is 18.4 Å². The van der Waals surface area contributed by atoms with Crippen molar-refractivity contribution in [2.75, 3.05) is 18.7 Å². The molecule has 28 heavy (non-hydrogen) atoms. The maximum Gasteiger partial charge on any atom is 0.337 e. The van der Waals surface area contributed by atoms with Gasteiger partial charge >= 0.3 is 5.97 Å². The van der Waals surface area contributed by atoms with Crippen molar-refractivity contribution in [2.24, 2.45) is 0 Å². The number of thioether (sulfide) groups is 1. The fraction of sp³-hybridized carbons (Fsp3) is 0.0909. The molecule has 0 bridgehead atoms. The number of hydrogen-bond acceptors (Lipinski definition) is 5. The number of para-hydroxylation sites is 3. The van der Waals surface area contributed by atoms with Gasteiger partial charge in [0.15, 0.2) is 5.75 Å². The lowest BCUT2D eigenvalue weighted by Gasteiger charge is -2.14. The van der Waals surface area contributed by atoms with Crippen LogP contribution in [0, 0.1) is 0 Å². The van der Waals surface area contributed by atoms with Crippen molar-refractivity contribution in [2.45, 2.75) is 4.90 Å². The van der Waals surface area contributed by atoms with Gasteiger partial charge in [-0.15, -0.1) is 11.8 Å². The largest absolute Gasteiger partial charge is 0.465 e. The van der Waals surface area contributed by atoms with Crippen LogP contribution in [0.1, 0.15) is 20.7 Å². The summed E-state index contributed by atoms with van der Waals surface area (Å²) in [6, 6.07) is 21.2. The van der Waals surface area contributed by atoms with Gasteiger partial charge in [-0.25, -0.2) is 4.79 Å². The van der Waals surface area contributed by atoms with E-state index < -0.39 is 5.97 Å². The van der Waals surface area contributed by atoms with E-state index in [1.165, 1.54) is 7.11 Å². The second kappa shape index (κ2) is 9.10. The van der Waals surface area contributed by atoms with Gasteiger partial charge in [-0.3, -0.25) is 4.79 Å². The molecule has 0 spiro atoms. The SMILES string of the molecule is COC(=O)c1ccc(C(=O)Nc2ccccc2Oc2ccccc2SC)cc1. The van der Waals surface area contributed by atoms with E-state index in [4.69, 9.17) is 4.74 Å². The Labute approximate surface area is 167 Å². The van der Waals surface area contributed by atoms with Gasteiger partial charge in [0.1, 0.15) is 5.75 Å². The Morgan fingerprint density at radius 3 is 2.11 bits per heavy atom. The molecular formula is C22H19NO4S. The molecule has 0 heterocycles. The summed E-state index contributed by atoms with van der Waals surface area (Å²) in [5.41, 5.74) is 1.36. The molecule has 0 fully saturated rings. The molecule has 0 atom stereocenters. The van der Waals surface area contributed by atoms with E-state index in [0.717, 1.165) is 10.6 Å². The topological polar surface area (TPSA) is 64.6 Å². The number of methoxy groups -OCH3 is 1. The van der Waals surface area contributed by atoms with Crippen LogP contribution in [0.4, 0.5) is 5.69 Å². The quantitative estimate of drug-likeness (QED) is 0.458. The molecule has 0 aliphatic heterocycles. The third-order valence-electron chi connectivity index (χ3n) is 3.99. The molecule has 142 valence electrons. The molecule has 0 aliphatic carbocycles. The minimum absolute atomic E-state index is 0.300. The number of benzene rings is 3. The van der Waals surface area contributed by atoms with E-state index in [-0.39, 0.29) is 5.91 Å². The molecule has 0 radical (unpaired) electrons. The highest BCUT2D eigenvalue weighted by molar-refractivity contribution is 7.98. The molecule has 3 aromatic rings. The fourth-order valence-corrected chi connectivity index (χ4v) is 3.08. The molecule has 0 saturated heterocycles. The first-order valence-electron chi connectivity index (χ1n) is 8.52. The lowest BCUT2D eigenvalue weighted by atomic mass is 10.1. The summed E-state index contributed by atoms with van der Waals surface area (Å²) in [6.45, 7) is 0. The highest BCUT2D eigenvalue weighted by Gasteiger charge is 2.13. The first kappa shape index (κ1) is 19.5. The Morgan fingerprint density at radius 1 is 0.821 bits per heavy atom. The predicted octanol–water partition coefficient (Wildman–Crippen LogP) is 5.24. The Hall–Kier alpha value is -3.25. The molecule has 0 aliphatic rings. The van der Waals surface area contributed by atoms with Gasteiger partial charge in [-0.2, -0.15) is 0 Å². The zero-order valence-electron chi connectivity index (χ0n) is 15.5. The fourth-order valence-electron chi connectivity index (χ4n) is 2.55. The number of carbonyl (C=O) groups is 2. The maximum atomic E-state index is 12.6. The number of rotatable bonds is 6. The minimum atomic E-state index is -0.446. The molecule has 3 rings (SSSR count). The monoisotopic (exact) mass is 393 g/mol. The number of nitrogens with one attached hydrogen (secondary N) is 1. The standard InChI is InChI=1S/C22H19NO4S/c1-26-22(25)16-13-11-15(12-14-16)21(24)23-17-7-3-4-8-18(17)27-19-9-5-6-10-20(19)28-2/h3-14H,1-2H3,(H,23,24). The third-order valence-corrected chi connectivity index (χ3v) is 4.77. The molecule has 3 aromatic carbocycles. The summed E-state index contributed by atoms with van der Waals surface area (Å²) in [5.74, 6) is 0.520. The third kappa shape index (κ3) is 4.53.